The van der Waals surface area contributed by atoms with E-state index in [-0.39, 0.29) is 11.4 Å². The number of fused-ring (bicyclic) bond motifs is 1. The number of carbonyl (C=O) groups excluding carboxylic acids is 1. The van der Waals surface area contributed by atoms with Gasteiger partial charge in [-0.25, -0.2) is 4.79 Å². The third-order valence-corrected chi connectivity index (χ3v) is 5.90. The van der Waals surface area contributed by atoms with Crippen LogP contribution in [-0.2, 0) is 11.2 Å². The zero-order valence-corrected chi connectivity index (χ0v) is 20.0. The zero-order chi connectivity index (χ0) is 25.1. The van der Waals surface area contributed by atoms with Gasteiger partial charge in [0.25, 0.3) is 5.91 Å². The molecule has 0 radical (unpaired) electrons. The Hall–Kier alpha value is -3.62. The number of rotatable bonds is 6. The van der Waals surface area contributed by atoms with Crippen molar-refractivity contribution in [3.63, 3.8) is 0 Å². The maximum atomic E-state index is 12.8. The number of amides is 1. The average molecular weight is 480 g/mol. The second kappa shape index (κ2) is 10.3. The Kier molecular flexibility index (Phi) is 7.23. The smallest absolute Gasteiger partial charge is 0.360 e. The van der Waals surface area contributed by atoms with Crippen molar-refractivity contribution in [3.8, 4) is 11.5 Å². The van der Waals surface area contributed by atoms with Crippen LogP contribution in [0.2, 0.25) is 0 Å². The Labute approximate surface area is 202 Å². The number of allylic oxidation sites excluding steroid dienone is 2. The molecular weight excluding hydrogens is 450 g/mol. The van der Waals surface area contributed by atoms with Crippen LogP contribution >= 0.6 is 0 Å². The minimum absolute atomic E-state index is 0.000489. The summed E-state index contributed by atoms with van der Waals surface area (Å²) in [6, 6.07) is 9.53. The van der Waals surface area contributed by atoms with Gasteiger partial charge in [0.1, 0.15) is 28.9 Å². The lowest BCUT2D eigenvalue weighted by atomic mass is 10.0. The highest BCUT2D eigenvalue weighted by Gasteiger charge is 2.26. The molecule has 4 rings (SSSR count). The normalized spacial score (nSPS) is 17.7. The predicted molar refractivity (Wildman–Crippen MR) is 132 cm³/mol. The van der Waals surface area contributed by atoms with Gasteiger partial charge in [0.05, 0.1) is 6.61 Å². The molecule has 0 bridgehead atoms. The van der Waals surface area contributed by atoms with Crippen LogP contribution in [0.25, 0.3) is 11.0 Å². The van der Waals surface area contributed by atoms with Crippen LogP contribution in [0.4, 0.5) is 5.69 Å². The number of benzene rings is 2. The minimum Gasteiger partial charge on any atom is -0.508 e. The molecule has 1 aliphatic heterocycles. The van der Waals surface area contributed by atoms with Gasteiger partial charge in [0, 0.05) is 16.5 Å². The van der Waals surface area contributed by atoms with Gasteiger partial charge >= 0.3 is 5.63 Å². The summed E-state index contributed by atoms with van der Waals surface area (Å²) in [5, 5.41) is 23.4. The van der Waals surface area contributed by atoms with Gasteiger partial charge in [-0.15, -0.1) is 0 Å². The van der Waals surface area contributed by atoms with E-state index >= 15 is 0 Å². The lowest BCUT2D eigenvalue weighted by Crippen LogP contribution is -2.38. The van der Waals surface area contributed by atoms with Gasteiger partial charge in [0.15, 0.2) is 0 Å². The maximum Gasteiger partial charge on any atom is 0.360 e. The summed E-state index contributed by atoms with van der Waals surface area (Å²) in [5.41, 5.74) is 2.22. The lowest BCUT2D eigenvalue weighted by molar-refractivity contribution is -0.170. The van der Waals surface area contributed by atoms with Gasteiger partial charge in [-0.1, -0.05) is 11.6 Å². The molecule has 1 amide bonds. The van der Waals surface area contributed by atoms with Gasteiger partial charge in [-0.05, 0) is 82.0 Å². The van der Waals surface area contributed by atoms with Crippen molar-refractivity contribution < 1.29 is 28.9 Å². The highest BCUT2D eigenvalue weighted by Crippen LogP contribution is 2.30. The molecule has 8 nitrogen and oxygen atoms in total. The van der Waals surface area contributed by atoms with E-state index in [0.29, 0.717) is 52.9 Å². The summed E-state index contributed by atoms with van der Waals surface area (Å²) in [6.45, 7) is 6.16. The quantitative estimate of drug-likeness (QED) is 0.353. The van der Waals surface area contributed by atoms with Gasteiger partial charge < -0.3 is 29.4 Å². The van der Waals surface area contributed by atoms with Crippen molar-refractivity contribution in [2.45, 2.75) is 52.4 Å². The van der Waals surface area contributed by atoms with E-state index < -0.39 is 23.9 Å². The number of anilines is 1. The summed E-state index contributed by atoms with van der Waals surface area (Å²) in [5.74, 6) is 0.0514. The van der Waals surface area contributed by atoms with E-state index in [1.165, 1.54) is 12.1 Å². The summed E-state index contributed by atoms with van der Waals surface area (Å²) < 4.78 is 16.9. The zero-order valence-electron chi connectivity index (χ0n) is 20.0. The number of nitrogens with one attached hydrogen (secondary N) is 1. The Balaban J connectivity index is 1.57. The van der Waals surface area contributed by atoms with Gasteiger partial charge in [0.2, 0.25) is 6.29 Å². The second-order valence-corrected chi connectivity index (χ2v) is 8.90. The molecule has 35 heavy (non-hydrogen) atoms. The molecule has 0 unspecified atom stereocenters. The first kappa shape index (κ1) is 24.5. The highest BCUT2D eigenvalue weighted by atomic mass is 16.7. The van der Waals surface area contributed by atoms with Crippen molar-refractivity contribution in [1.29, 1.82) is 0 Å². The topological polar surface area (TPSA) is 118 Å². The third-order valence-electron chi connectivity index (χ3n) is 5.90. The van der Waals surface area contributed by atoms with Gasteiger partial charge in [-0.2, -0.15) is 0 Å². The molecule has 1 aliphatic rings. The first-order chi connectivity index (χ1) is 16.7. The number of aromatic hydroxyl groups is 1. The fourth-order valence-corrected chi connectivity index (χ4v) is 3.90. The van der Waals surface area contributed by atoms with Crippen molar-refractivity contribution >= 4 is 22.6 Å². The van der Waals surface area contributed by atoms with E-state index in [2.05, 4.69) is 5.32 Å². The molecule has 0 aliphatic carbocycles. The lowest BCUT2D eigenvalue weighted by Gasteiger charge is -2.28. The molecule has 1 saturated heterocycles. The summed E-state index contributed by atoms with van der Waals surface area (Å²) in [6.07, 6.45) is 2.29. The van der Waals surface area contributed by atoms with Crippen molar-refractivity contribution in [2.75, 3.05) is 11.9 Å². The van der Waals surface area contributed by atoms with Crippen LogP contribution in [0.15, 0.2) is 57.3 Å². The van der Waals surface area contributed by atoms with E-state index in [9.17, 15) is 19.8 Å². The number of phenols is 1. The summed E-state index contributed by atoms with van der Waals surface area (Å²) >= 11 is 0. The number of phenolic OH excluding ortho intramolecular Hbond substituents is 1. The number of carbonyl (C=O) groups is 1. The van der Waals surface area contributed by atoms with Crippen LogP contribution < -0.4 is 15.7 Å². The third kappa shape index (κ3) is 5.55. The predicted octanol–water partition coefficient (Wildman–Crippen LogP) is 4.44. The van der Waals surface area contributed by atoms with Crippen LogP contribution in [-0.4, -0.2) is 35.1 Å². The van der Waals surface area contributed by atoms with Gasteiger partial charge in [-0.3, -0.25) is 4.79 Å². The number of hydrogen-bond acceptors (Lipinski definition) is 7. The molecule has 1 aromatic heterocycles. The van der Waals surface area contributed by atoms with Crippen LogP contribution in [0.5, 0.6) is 11.5 Å². The largest absolute Gasteiger partial charge is 0.508 e. The fourth-order valence-electron chi connectivity index (χ4n) is 3.90. The Morgan fingerprint density at radius 3 is 2.77 bits per heavy atom. The number of aryl methyl sites for hydroxylation is 1. The molecule has 184 valence electrons. The molecule has 2 atom stereocenters. The molecule has 0 spiro atoms. The molecule has 3 N–H and O–H groups in total. The van der Waals surface area contributed by atoms with Crippen LogP contribution in [0.3, 0.4) is 0 Å². The van der Waals surface area contributed by atoms with E-state index in [1.807, 2.05) is 19.9 Å². The summed E-state index contributed by atoms with van der Waals surface area (Å²) in [4.78, 5) is 25.5. The number of aliphatic hydroxyl groups is 1. The molecule has 8 heteroatoms. The molecule has 0 saturated carbocycles. The van der Waals surface area contributed by atoms with E-state index in [1.54, 1.807) is 31.2 Å². The van der Waals surface area contributed by atoms with Crippen molar-refractivity contribution in [3.05, 3.63) is 75.2 Å². The maximum absolute atomic E-state index is 12.8. The Morgan fingerprint density at radius 1 is 1.23 bits per heavy atom. The minimum atomic E-state index is -0.780. The molecule has 2 heterocycles. The molecular formula is C27H29NO7. The molecule has 2 aromatic carbocycles. The first-order valence-corrected chi connectivity index (χ1v) is 11.5. The highest BCUT2D eigenvalue weighted by molar-refractivity contribution is 6.05. The molecule has 3 aromatic rings. The SMILES string of the molecule is CC(C)=CCc1cc(C(=O)Nc2cc3ccc(O[C@@H]4OCCC[C@H]4O)c(C)c3oc2=O)ccc1O. The number of ether oxygens (including phenoxy) is 2. The first-order valence-electron chi connectivity index (χ1n) is 11.5. The Morgan fingerprint density at radius 2 is 2.03 bits per heavy atom. The van der Waals surface area contributed by atoms with E-state index in [0.717, 1.165) is 12.0 Å². The second-order valence-electron chi connectivity index (χ2n) is 8.90. The number of hydrogen-bond donors (Lipinski definition) is 3. The average Bonchev–Trinajstić information content (AvgIpc) is 2.82. The van der Waals surface area contributed by atoms with Crippen LogP contribution in [0.1, 0.15) is 48.2 Å². The summed E-state index contributed by atoms with van der Waals surface area (Å²) in [7, 11) is 0. The Bertz CT molecular complexity index is 1340. The number of aliphatic hydroxyl groups excluding tert-OH is 1. The fraction of sp³-hybridized carbons (Fsp3) is 0.333. The van der Waals surface area contributed by atoms with Crippen molar-refractivity contribution in [1.82, 2.24) is 0 Å². The van der Waals surface area contributed by atoms with E-state index in [4.69, 9.17) is 13.9 Å². The molecule has 1 fully saturated rings. The monoisotopic (exact) mass is 479 g/mol. The van der Waals surface area contributed by atoms with Crippen molar-refractivity contribution in [2.24, 2.45) is 0 Å². The standard InChI is InChI=1S/C27H29NO7/c1-15(2)6-7-17-13-19(8-10-21(17)29)25(31)28-20-14-18-9-11-23(16(3)24(18)35-26(20)32)34-27-22(30)5-4-12-33-27/h6,8-11,13-14,22,27,29-30H,4-5,7,12H2,1-3H3,(H,28,31)/t22-,27+/m1/s1. The van der Waals surface area contributed by atoms with Crippen LogP contribution in [0, 0.1) is 6.92 Å².